The van der Waals surface area contributed by atoms with E-state index in [0.717, 1.165) is 19.3 Å². The molecule has 0 saturated heterocycles. The van der Waals surface area contributed by atoms with Crippen LogP contribution >= 0.6 is 39.1 Å². The minimum atomic E-state index is 0.381. The van der Waals surface area contributed by atoms with E-state index in [1.54, 1.807) is 0 Å². The topological polar surface area (TPSA) is 25.8 Å². The molecule has 0 fully saturated rings. The molecule has 0 unspecified atom stereocenters. The summed E-state index contributed by atoms with van der Waals surface area (Å²) in [4.78, 5) is 8.19. The molecule has 0 amide bonds. The number of rotatable bonds is 3. The Morgan fingerprint density at radius 1 is 1.23 bits per heavy atom. The van der Waals surface area contributed by atoms with Crippen molar-refractivity contribution in [3.63, 3.8) is 0 Å². The summed E-state index contributed by atoms with van der Waals surface area (Å²) in [6.45, 7) is 2.11. The highest BCUT2D eigenvalue weighted by molar-refractivity contribution is 9.10. The molecule has 1 aromatic rings. The van der Waals surface area contributed by atoms with Crippen LogP contribution in [0.25, 0.3) is 0 Å². The number of hydrogen-bond acceptors (Lipinski definition) is 2. The Balaban J connectivity index is 2.86. The number of aryl methyl sites for hydroxylation is 1. The van der Waals surface area contributed by atoms with Gasteiger partial charge < -0.3 is 0 Å². The van der Waals surface area contributed by atoms with Crippen LogP contribution < -0.4 is 0 Å². The SMILES string of the molecule is CCCCc1nc(Cl)c(Br)c(Cl)n1. The number of hydrogen-bond donors (Lipinski definition) is 0. The van der Waals surface area contributed by atoms with E-state index in [-0.39, 0.29) is 0 Å². The van der Waals surface area contributed by atoms with Gasteiger partial charge in [0.05, 0.1) is 4.47 Å². The molecule has 1 aromatic heterocycles. The Morgan fingerprint density at radius 3 is 2.23 bits per heavy atom. The van der Waals surface area contributed by atoms with Gasteiger partial charge in [0.15, 0.2) is 0 Å². The first-order chi connectivity index (χ1) is 6.15. The molecule has 0 aliphatic carbocycles. The molecule has 0 aliphatic rings. The highest BCUT2D eigenvalue weighted by Crippen LogP contribution is 2.27. The van der Waals surface area contributed by atoms with Crippen molar-refractivity contribution in [3.8, 4) is 0 Å². The molecule has 1 heterocycles. The summed E-state index contributed by atoms with van der Waals surface area (Å²) in [5, 5.41) is 0.761. The molecule has 0 bridgehead atoms. The van der Waals surface area contributed by atoms with Gasteiger partial charge in [0, 0.05) is 6.42 Å². The molecule has 72 valence electrons. The van der Waals surface area contributed by atoms with Gasteiger partial charge in [-0.25, -0.2) is 9.97 Å². The second-order valence-electron chi connectivity index (χ2n) is 2.64. The zero-order valence-corrected chi connectivity index (χ0v) is 10.2. The minimum Gasteiger partial charge on any atom is -0.220 e. The van der Waals surface area contributed by atoms with E-state index in [1.165, 1.54) is 0 Å². The highest BCUT2D eigenvalue weighted by Gasteiger charge is 2.07. The summed E-state index contributed by atoms with van der Waals surface area (Å²) < 4.78 is 0.566. The van der Waals surface area contributed by atoms with E-state index in [0.29, 0.717) is 20.6 Å². The summed E-state index contributed by atoms with van der Waals surface area (Å²) in [7, 11) is 0. The van der Waals surface area contributed by atoms with Crippen LogP contribution in [-0.4, -0.2) is 9.97 Å². The fraction of sp³-hybridized carbons (Fsp3) is 0.500. The number of unbranched alkanes of at least 4 members (excludes halogenated alkanes) is 1. The average molecular weight is 284 g/mol. The van der Waals surface area contributed by atoms with Crippen molar-refractivity contribution >= 4 is 39.1 Å². The Morgan fingerprint density at radius 2 is 1.77 bits per heavy atom. The van der Waals surface area contributed by atoms with Crippen LogP contribution in [0.3, 0.4) is 0 Å². The Kier molecular flexibility index (Phi) is 4.42. The van der Waals surface area contributed by atoms with Crippen molar-refractivity contribution in [1.82, 2.24) is 9.97 Å². The second-order valence-corrected chi connectivity index (χ2v) is 4.15. The number of nitrogens with zero attached hydrogens (tertiary/aromatic N) is 2. The monoisotopic (exact) mass is 282 g/mol. The van der Waals surface area contributed by atoms with Gasteiger partial charge in [-0.15, -0.1) is 0 Å². The molecular weight excluding hydrogens is 275 g/mol. The predicted molar refractivity (Wildman–Crippen MR) is 58.4 cm³/mol. The molecule has 2 nitrogen and oxygen atoms in total. The van der Waals surface area contributed by atoms with E-state index in [2.05, 4.69) is 32.8 Å². The van der Waals surface area contributed by atoms with Crippen LogP contribution in [0, 0.1) is 0 Å². The molecule has 0 radical (unpaired) electrons. The fourth-order valence-electron chi connectivity index (χ4n) is 0.882. The molecule has 0 aromatic carbocycles. The number of aromatic nitrogens is 2. The Labute approximate surface area is 95.8 Å². The summed E-state index contributed by atoms with van der Waals surface area (Å²) in [5.41, 5.74) is 0. The lowest BCUT2D eigenvalue weighted by atomic mass is 10.2. The van der Waals surface area contributed by atoms with Crippen molar-refractivity contribution in [2.75, 3.05) is 0 Å². The normalized spacial score (nSPS) is 10.5. The molecule has 5 heteroatoms. The third kappa shape index (κ3) is 3.08. The van der Waals surface area contributed by atoms with Crippen LogP contribution in [0.2, 0.25) is 10.3 Å². The van der Waals surface area contributed by atoms with Crippen LogP contribution in [0.1, 0.15) is 25.6 Å². The van der Waals surface area contributed by atoms with E-state index in [9.17, 15) is 0 Å². The van der Waals surface area contributed by atoms with Gasteiger partial charge >= 0.3 is 0 Å². The maximum atomic E-state index is 5.82. The largest absolute Gasteiger partial charge is 0.220 e. The van der Waals surface area contributed by atoms with Crippen molar-refractivity contribution < 1.29 is 0 Å². The van der Waals surface area contributed by atoms with Crippen LogP contribution in [0.15, 0.2) is 4.47 Å². The van der Waals surface area contributed by atoms with Gasteiger partial charge in [-0.1, -0.05) is 36.5 Å². The molecule has 13 heavy (non-hydrogen) atoms. The molecular formula is C8H9BrCl2N2. The summed E-state index contributed by atoms with van der Waals surface area (Å²) >= 11 is 14.8. The van der Waals surface area contributed by atoms with Gasteiger partial charge in [-0.3, -0.25) is 0 Å². The first-order valence-corrected chi connectivity index (χ1v) is 5.57. The number of halogens is 3. The third-order valence-corrected chi connectivity index (χ3v) is 3.33. The molecule has 0 aliphatic heterocycles. The van der Waals surface area contributed by atoms with E-state index in [1.807, 2.05) is 0 Å². The molecule has 0 atom stereocenters. The van der Waals surface area contributed by atoms with Crippen molar-refractivity contribution in [3.05, 3.63) is 20.6 Å². The first kappa shape index (κ1) is 11.2. The summed E-state index contributed by atoms with van der Waals surface area (Å²) in [6.07, 6.45) is 2.98. The van der Waals surface area contributed by atoms with Gasteiger partial charge in [0.2, 0.25) is 0 Å². The van der Waals surface area contributed by atoms with E-state index < -0.39 is 0 Å². The van der Waals surface area contributed by atoms with Gasteiger partial charge in [-0.05, 0) is 22.4 Å². The maximum Gasteiger partial charge on any atom is 0.148 e. The molecule has 1 rings (SSSR count). The minimum absolute atomic E-state index is 0.381. The summed E-state index contributed by atoms with van der Waals surface area (Å²) in [5.74, 6) is 0.708. The Hall–Kier alpha value is 0.140. The standard InChI is InChI=1S/C8H9BrCl2N2/c1-2-3-4-5-12-7(10)6(9)8(11)13-5/h2-4H2,1H3. The second kappa shape index (κ2) is 5.13. The third-order valence-electron chi connectivity index (χ3n) is 1.57. The molecule has 0 spiro atoms. The highest BCUT2D eigenvalue weighted by atomic mass is 79.9. The van der Waals surface area contributed by atoms with Gasteiger partial charge in [-0.2, -0.15) is 0 Å². The van der Waals surface area contributed by atoms with Crippen LogP contribution in [0.4, 0.5) is 0 Å². The average Bonchev–Trinajstić information content (AvgIpc) is 2.10. The van der Waals surface area contributed by atoms with E-state index in [4.69, 9.17) is 23.2 Å². The van der Waals surface area contributed by atoms with Crippen molar-refractivity contribution in [1.29, 1.82) is 0 Å². The zero-order valence-electron chi connectivity index (χ0n) is 7.15. The quantitative estimate of drug-likeness (QED) is 0.787. The first-order valence-electron chi connectivity index (χ1n) is 4.02. The lowest BCUT2D eigenvalue weighted by Gasteiger charge is -2.02. The lowest BCUT2D eigenvalue weighted by molar-refractivity contribution is 0.751. The zero-order chi connectivity index (χ0) is 9.84. The summed E-state index contributed by atoms with van der Waals surface area (Å²) in [6, 6.07) is 0. The smallest absolute Gasteiger partial charge is 0.148 e. The van der Waals surface area contributed by atoms with Gasteiger partial charge in [0.25, 0.3) is 0 Å². The molecule has 0 N–H and O–H groups in total. The fourth-order valence-corrected chi connectivity index (χ4v) is 1.48. The van der Waals surface area contributed by atoms with Crippen molar-refractivity contribution in [2.45, 2.75) is 26.2 Å². The Bertz CT molecular complexity index is 281. The molecule has 0 saturated carbocycles. The van der Waals surface area contributed by atoms with Gasteiger partial charge in [0.1, 0.15) is 16.1 Å². The van der Waals surface area contributed by atoms with Crippen LogP contribution in [0.5, 0.6) is 0 Å². The van der Waals surface area contributed by atoms with Crippen molar-refractivity contribution in [2.24, 2.45) is 0 Å². The van der Waals surface area contributed by atoms with E-state index >= 15 is 0 Å². The maximum absolute atomic E-state index is 5.82. The lowest BCUT2D eigenvalue weighted by Crippen LogP contribution is -1.96. The van der Waals surface area contributed by atoms with Crippen LogP contribution in [-0.2, 0) is 6.42 Å². The predicted octanol–water partition coefficient (Wildman–Crippen LogP) is 3.89.